The Labute approximate surface area is 199 Å². The predicted molar refractivity (Wildman–Crippen MR) is 129 cm³/mol. The number of fused-ring (bicyclic) bond motifs is 7. The van der Waals surface area contributed by atoms with Gasteiger partial charge in [0, 0.05) is 11.3 Å². The van der Waals surface area contributed by atoms with Gasteiger partial charge in [0.25, 0.3) is 0 Å². The summed E-state index contributed by atoms with van der Waals surface area (Å²) in [6, 6.07) is 0. The van der Waals surface area contributed by atoms with E-state index in [2.05, 4.69) is 40.3 Å². The maximum absolute atomic E-state index is 12.6. The zero-order valence-corrected chi connectivity index (χ0v) is 21.1. The van der Waals surface area contributed by atoms with Gasteiger partial charge in [-0.3, -0.25) is 4.79 Å². The van der Waals surface area contributed by atoms with E-state index in [0.29, 0.717) is 11.8 Å². The van der Waals surface area contributed by atoms with E-state index in [0.717, 1.165) is 64.2 Å². The molecule has 9 atom stereocenters. The van der Waals surface area contributed by atoms with E-state index in [1.165, 1.54) is 11.1 Å². The highest BCUT2D eigenvalue weighted by Gasteiger charge is 2.69. The third-order valence-electron chi connectivity index (χ3n) is 12.6. The molecule has 0 unspecified atom stereocenters. The number of hydrogen-bond donors (Lipinski definition) is 3. The van der Waals surface area contributed by atoms with Gasteiger partial charge in [0.2, 0.25) is 0 Å². The van der Waals surface area contributed by atoms with Crippen molar-refractivity contribution in [1.82, 2.24) is 0 Å². The zero-order valence-electron chi connectivity index (χ0n) is 21.1. The van der Waals surface area contributed by atoms with Gasteiger partial charge in [-0.15, -0.1) is 0 Å². The van der Waals surface area contributed by atoms with Crippen LogP contribution in [-0.2, 0) is 4.79 Å². The van der Waals surface area contributed by atoms with Crippen LogP contribution in [0.2, 0.25) is 0 Å². The fourth-order valence-electron chi connectivity index (χ4n) is 10.2. The lowest BCUT2D eigenvalue weighted by molar-refractivity contribution is -0.215. The van der Waals surface area contributed by atoms with Crippen LogP contribution in [0.5, 0.6) is 0 Å². The number of allylic oxidation sites excluding steroid dienone is 3. The van der Waals surface area contributed by atoms with Crippen LogP contribution in [0.15, 0.2) is 23.8 Å². The van der Waals surface area contributed by atoms with Gasteiger partial charge >= 0.3 is 5.97 Å². The smallest absolute Gasteiger partial charge is 0.310 e. The Morgan fingerprint density at radius 3 is 2.45 bits per heavy atom. The molecule has 0 spiro atoms. The van der Waals surface area contributed by atoms with Crippen molar-refractivity contribution in [1.29, 1.82) is 0 Å². The van der Waals surface area contributed by atoms with E-state index in [-0.39, 0.29) is 28.8 Å². The number of carbonyl (C=O) groups is 1. The lowest BCUT2D eigenvalue weighted by Crippen LogP contribution is -2.65. The average Bonchev–Trinajstić information content (AvgIpc) is 2.77. The predicted octanol–water partition coefficient (Wildman–Crippen LogP) is 5.74. The third-order valence-corrected chi connectivity index (χ3v) is 12.6. The van der Waals surface area contributed by atoms with Gasteiger partial charge in [-0.25, -0.2) is 0 Å². The van der Waals surface area contributed by atoms with Crippen molar-refractivity contribution in [3.63, 3.8) is 0 Å². The Hall–Kier alpha value is -1.13. The largest absolute Gasteiger partial charge is 0.481 e. The minimum Gasteiger partial charge on any atom is -0.481 e. The molecule has 0 aromatic carbocycles. The fourth-order valence-corrected chi connectivity index (χ4v) is 10.2. The van der Waals surface area contributed by atoms with Gasteiger partial charge in [0.1, 0.15) is 0 Å². The lowest BCUT2D eigenvalue weighted by Gasteiger charge is -2.71. The van der Waals surface area contributed by atoms with Gasteiger partial charge in [-0.1, -0.05) is 51.5 Å². The van der Waals surface area contributed by atoms with Gasteiger partial charge in [0.15, 0.2) is 0 Å². The van der Waals surface area contributed by atoms with Crippen LogP contribution in [-0.4, -0.2) is 34.0 Å². The quantitative estimate of drug-likeness (QED) is 0.463. The molecule has 33 heavy (non-hydrogen) atoms. The molecule has 5 rings (SSSR count). The Morgan fingerprint density at radius 2 is 1.79 bits per heavy atom. The summed E-state index contributed by atoms with van der Waals surface area (Å²) in [6.45, 7) is 13.8. The second-order valence-corrected chi connectivity index (χ2v) is 13.5. The second kappa shape index (κ2) is 7.20. The number of hydrogen-bond acceptors (Lipinski definition) is 3. The van der Waals surface area contributed by atoms with Crippen molar-refractivity contribution < 1.29 is 20.1 Å². The third kappa shape index (κ3) is 2.74. The van der Waals surface area contributed by atoms with Crippen LogP contribution < -0.4 is 0 Å². The summed E-state index contributed by atoms with van der Waals surface area (Å²) in [5, 5.41) is 31.6. The minimum atomic E-state index is -0.624. The number of aliphatic hydroxyl groups is 2. The van der Waals surface area contributed by atoms with E-state index in [1.54, 1.807) is 0 Å². The van der Waals surface area contributed by atoms with Crippen molar-refractivity contribution >= 4 is 5.97 Å². The number of rotatable bonds is 2. The molecule has 0 radical (unpaired) electrons. The zero-order chi connectivity index (χ0) is 24.0. The van der Waals surface area contributed by atoms with Gasteiger partial charge in [0.05, 0.1) is 18.1 Å². The topological polar surface area (TPSA) is 77.8 Å². The van der Waals surface area contributed by atoms with Gasteiger partial charge in [-0.05, 0) is 92.3 Å². The van der Waals surface area contributed by atoms with Crippen molar-refractivity contribution in [3.05, 3.63) is 23.8 Å². The Bertz CT molecular complexity index is 907. The molecule has 5 aliphatic rings. The first-order valence-corrected chi connectivity index (χ1v) is 13.3. The first-order chi connectivity index (χ1) is 15.4. The highest BCUT2D eigenvalue weighted by molar-refractivity contribution is 5.77. The summed E-state index contributed by atoms with van der Waals surface area (Å²) in [5.74, 6) is 0.270. The molecule has 0 amide bonds. The number of carboxylic acid groups (broad SMARTS) is 1. The molecule has 0 saturated heterocycles. The molecule has 3 N–H and O–H groups in total. The molecule has 4 saturated carbocycles. The normalized spacial score (nSPS) is 53.8. The van der Waals surface area contributed by atoms with Crippen molar-refractivity contribution in [2.24, 2.45) is 44.8 Å². The molecule has 0 bridgehead atoms. The summed E-state index contributed by atoms with van der Waals surface area (Å²) in [7, 11) is 0. The first kappa shape index (κ1) is 23.6. The molecule has 184 valence electrons. The van der Waals surface area contributed by atoms with E-state index >= 15 is 0 Å². The average molecular weight is 457 g/mol. The monoisotopic (exact) mass is 456 g/mol. The minimum absolute atomic E-state index is 0.00316. The molecule has 0 heterocycles. The standard InChI is InChI=1S/C29H44O4/c1-18-8-13-29(24(32)33)15-14-27(4)19(20(29)16-18)6-7-22-25(2)11-10-23(31)26(3,17-30)21(25)9-12-28(22,27)5/h6,20-23,30-31H,1,7-17H2,2-5H3,(H,32,33)/t20-,21+,22+,23+,25-,26+,27+,28+,29-/m0/s1. The maximum atomic E-state index is 12.6. The summed E-state index contributed by atoms with van der Waals surface area (Å²) in [6.07, 6.45) is 11.0. The highest BCUT2D eigenvalue weighted by Crippen LogP contribution is 2.75. The lowest BCUT2D eigenvalue weighted by atomic mass is 9.34. The van der Waals surface area contributed by atoms with Crippen molar-refractivity contribution in [3.8, 4) is 0 Å². The summed E-state index contributed by atoms with van der Waals surface area (Å²) in [4.78, 5) is 12.6. The Kier molecular flexibility index (Phi) is 5.15. The Morgan fingerprint density at radius 1 is 1.06 bits per heavy atom. The second-order valence-electron chi connectivity index (χ2n) is 13.5. The first-order valence-electron chi connectivity index (χ1n) is 13.3. The highest BCUT2D eigenvalue weighted by atomic mass is 16.4. The Balaban J connectivity index is 1.59. The molecule has 0 aromatic rings. The van der Waals surface area contributed by atoms with Crippen molar-refractivity contribution in [2.75, 3.05) is 6.61 Å². The summed E-state index contributed by atoms with van der Waals surface area (Å²) >= 11 is 0. The number of aliphatic carboxylic acids is 1. The molecule has 5 aliphatic carbocycles. The van der Waals surface area contributed by atoms with Gasteiger partial charge in [-0.2, -0.15) is 0 Å². The molecular formula is C29H44O4. The van der Waals surface area contributed by atoms with Crippen LogP contribution in [0, 0.1) is 44.8 Å². The number of carboxylic acids is 1. The summed E-state index contributed by atoms with van der Waals surface area (Å²) < 4.78 is 0. The molecular weight excluding hydrogens is 412 g/mol. The van der Waals surface area contributed by atoms with E-state index in [9.17, 15) is 20.1 Å². The van der Waals surface area contributed by atoms with E-state index in [4.69, 9.17) is 0 Å². The maximum Gasteiger partial charge on any atom is 0.310 e. The molecule has 0 aliphatic heterocycles. The van der Waals surface area contributed by atoms with Crippen LogP contribution in [0.4, 0.5) is 0 Å². The van der Waals surface area contributed by atoms with Crippen LogP contribution >= 0.6 is 0 Å². The number of aliphatic hydroxyl groups excluding tert-OH is 2. The molecule has 4 heteroatoms. The van der Waals surface area contributed by atoms with Crippen LogP contribution in [0.25, 0.3) is 0 Å². The SMILES string of the molecule is C=C1CC[C@]2(C(=O)O)CC[C@]3(C)C(=CC[C@@H]4[C@@]5(C)CC[C@@H](O)[C@](C)(CO)[C@@H]5CC[C@]43C)[C@@H]2C1. The molecule has 4 nitrogen and oxygen atoms in total. The van der Waals surface area contributed by atoms with E-state index in [1.807, 2.05) is 0 Å². The van der Waals surface area contributed by atoms with Gasteiger partial charge < -0.3 is 15.3 Å². The van der Waals surface area contributed by atoms with E-state index < -0.39 is 22.9 Å². The fraction of sp³-hybridized carbons (Fsp3) is 0.828. The van der Waals surface area contributed by atoms with Crippen molar-refractivity contribution in [2.45, 2.75) is 98.0 Å². The molecule has 4 fully saturated rings. The van der Waals surface area contributed by atoms with Crippen LogP contribution in [0.1, 0.15) is 91.9 Å². The van der Waals surface area contributed by atoms with Crippen LogP contribution in [0.3, 0.4) is 0 Å². The molecule has 0 aromatic heterocycles. The summed E-state index contributed by atoms with van der Waals surface area (Å²) in [5.41, 5.74) is 1.74.